The third-order valence-electron chi connectivity index (χ3n) is 5.99. The summed E-state index contributed by atoms with van der Waals surface area (Å²) in [5.74, 6) is -2.46. The molecule has 9 heteroatoms. The zero-order chi connectivity index (χ0) is 25.2. The zero-order valence-electron chi connectivity index (χ0n) is 19.5. The number of hydrogen-bond donors (Lipinski definition) is 3. The van der Waals surface area contributed by atoms with Gasteiger partial charge in [-0.1, -0.05) is 20.8 Å². The molecule has 0 spiro atoms. The number of aromatic nitrogens is 1. The van der Waals surface area contributed by atoms with Crippen LogP contribution in [0.15, 0.2) is 35.3 Å². The van der Waals surface area contributed by atoms with Crippen molar-refractivity contribution in [2.45, 2.75) is 39.8 Å². The van der Waals surface area contributed by atoms with Crippen molar-refractivity contribution < 1.29 is 28.5 Å². The number of nitrogens with one attached hydrogen (secondary N) is 1. The lowest BCUT2D eigenvalue weighted by molar-refractivity contribution is 0.0694. The maximum Gasteiger partial charge on any atom is 0.341 e. The molecule has 0 unspecified atom stereocenters. The van der Waals surface area contributed by atoms with Gasteiger partial charge in [0, 0.05) is 35.8 Å². The van der Waals surface area contributed by atoms with E-state index in [4.69, 9.17) is 4.74 Å². The highest BCUT2D eigenvalue weighted by Crippen LogP contribution is 2.32. The fourth-order valence-corrected chi connectivity index (χ4v) is 4.08. The molecule has 0 bridgehead atoms. The smallest absolute Gasteiger partial charge is 0.341 e. The van der Waals surface area contributed by atoms with Crippen LogP contribution in [0.1, 0.15) is 48.3 Å². The number of hydrogen-bond acceptors (Lipinski definition) is 5. The van der Waals surface area contributed by atoms with Gasteiger partial charge in [-0.2, -0.15) is 0 Å². The number of rotatable bonds is 9. The van der Waals surface area contributed by atoms with Gasteiger partial charge >= 0.3 is 5.97 Å². The van der Waals surface area contributed by atoms with Gasteiger partial charge < -0.3 is 24.8 Å². The Morgan fingerprint density at radius 1 is 1.21 bits per heavy atom. The number of aryl methyl sites for hydroxylation is 1. The van der Waals surface area contributed by atoms with Crippen molar-refractivity contribution in [2.24, 2.45) is 5.92 Å². The van der Waals surface area contributed by atoms with Gasteiger partial charge in [0.15, 0.2) is 0 Å². The fourth-order valence-electron chi connectivity index (χ4n) is 4.08. The molecule has 1 aromatic heterocycles. The Bertz CT molecular complexity index is 1290. The van der Waals surface area contributed by atoms with Gasteiger partial charge in [0.05, 0.1) is 31.0 Å². The standard InChI is InChI=1S/C25H28F2N2O5/c1-5-14-6-15(26)7-19(27)17(14)10-28-20-8-16-21(9-23(20)34-4)29(22(12-30)13(2)3)11-18(24(16)31)25(32)33/h6-9,11,13,22,28,30H,5,10,12H2,1-4H3,(H,32,33)/t22-/m1/s1. The van der Waals surface area contributed by atoms with Crippen LogP contribution in [0.25, 0.3) is 10.9 Å². The largest absolute Gasteiger partial charge is 0.495 e. The van der Waals surface area contributed by atoms with E-state index in [1.165, 1.54) is 25.4 Å². The Labute approximate surface area is 195 Å². The molecular weight excluding hydrogens is 446 g/mol. The highest BCUT2D eigenvalue weighted by atomic mass is 19.1. The van der Waals surface area contributed by atoms with Crippen LogP contribution in [0.2, 0.25) is 0 Å². The van der Waals surface area contributed by atoms with Crippen molar-refractivity contribution in [3.8, 4) is 5.75 Å². The Morgan fingerprint density at radius 2 is 1.91 bits per heavy atom. The number of anilines is 1. The number of benzene rings is 2. The molecule has 3 aromatic rings. The van der Waals surface area contributed by atoms with Crippen LogP contribution < -0.4 is 15.5 Å². The van der Waals surface area contributed by atoms with Crippen LogP contribution in [0.4, 0.5) is 14.5 Å². The van der Waals surface area contributed by atoms with Crippen molar-refractivity contribution >= 4 is 22.6 Å². The number of fused-ring (bicyclic) bond motifs is 1. The summed E-state index contributed by atoms with van der Waals surface area (Å²) >= 11 is 0. The zero-order valence-corrected chi connectivity index (χ0v) is 19.5. The topological polar surface area (TPSA) is 101 Å². The molecule has 0 aliphatic rings. The number of ether oxygens (including phenoxy) is 1. The van der Waals surface area contributed by atoms with Crippen LogP contribution >= 0.6 is 0 Å². The van der Waals surface area contributed by atoms with Crippen molar-refractivity contribution in [3.63, 3.8) is 0 Å². The molecule has 0 radical (unpaired) electrons. The van der Waals surface area contributed by atoms with Crippen molar-refractivity contribution in [3.05, 3.63) is 69.0 Å². The predicted molar refractivity (Wildman–Crippen MR) is 126 cm³/mol. The average Bonchev–Trinajstić information content (AvgIpc) is 2.78. The molecule has 0 amide bonds. The molecule has 7 nitrogen and oxygen atoms in total. The monoisotopic (exact) mass is 474 g/mol. The first-order valence-electron chi connectivity index (χ1n) is 10.9. The van der Waals surface area contributed by atoms with E-state index in [-0.39, 0.29) is 30.0 Å². The number of methoxy groups -OCH3 is 1. The lowest BCUT2D eigenvalue weighted by Crippen LogP contribution is -2.25. The highest BCUT2D eigenvalue weighted by Gasteiger charge is 2.23. The van der Waals surface area contributed by atoms with Gasteiger partial charge in [-0.25, -0.2) is 13.6 Å². The number of carboxylic acids is 1. The molecule has 182 valence electrons. The van der Waals surface area contributed by atoms with E-state index in [1.807, 2.05) is 13.8 Å². The van der Waals surface area contributed by atoms with E-state index < -0.39 is 34.6 Å². The van der Waals surface area contributed by atoms with Crippen molar-refractivity contribution in [1.29, 1.82) is 0 Å². The van der Waals surface area contributed by atoms with Gasteiger partial charge in [-0.15, -0.1) is 0 Å². The molecule has 0 saturated heterocycles. The Morgan fingerprint density at radius 3 is 2.47 bits per heavy atom. The van der Waals surface area contributed by atoms with Gasteiger partial charge in [-0.05, 0) is 30.0 Å². The molecule has 0 aliphatic carbocycles. The summed E-state index contributed by atoms with van der Waals surface area (Å²) in [4.78, 5) is 24.8. The summed E-state index contributed by atoms with van der Waals surface area (Å²) in [7, 11) is 1.43. The van der Waals surface area contributed by atoms with Gasteiger partial charge in [-0.3, -0.25) is 4.79 Å². The minimum absolute atomic E-state index is 0.00474. The minimum Gasteiger partial charge on any atom is -0.495 e. The average molecular weight is 475 g/mol. The number of carbonyl (C=O) groups is 1. The summed E-state index contributed by atoms with van der Waals surface area (Å²) in [5.41, 5.74) is 0.406. The maximum atomic E-state index is 14.4. The van der Waals surface area contributed by atoms with Gasteiger partial charge in [0.25, 0.3) is 0 Å². The SMILES string of the molecule is CCc1cc(F)cc(F)c1CNc1cc2c(=O)c(C(=O)O)cn([C@H](CO)C(C)C)c2cc1OC. The fraction of sp³-hybridized carbons (Fsp3) is 0.360. The summed E-state index contributed by atoms with van der Waals surface area (Å²) < 4.78 is 35.1. The molecule has 34 heavy (non-hydrogen) atoms. The van der Waals surface area contributed by atoms with Gasteiger partial charge in [0.2, 0.25) is 5.43 Å². The minimum atomic E-state index is -1.38. The molecule has 1 heterocycles. The van der Waals surface area contributed by atoms with Crippen LogP contribution in [0.3, 0.4) is 0 Å². The summed E-state index contributed by atoms with van der Waals surface area (Å²) in [6.07, 6.45) is 1.66. The van der Waals surface area contributed by atoms with Crippen molar-refractivity contribution in [1.82, 2.24) is 4.57 Å². The quantitative estimate of drug-likeness (QED) is 0.426. The van der Waals surface area contributed by atoms with E-state index in [9.17, 15) is 28.6 Å². The first-order chi connectivity index (χ1) is 16.1. The lowest BCUT2D eigenvalue weighted by atomic mass is 10.0. The van der Waals surface area contributed by atoms with Crippen molar-refractivity contribution in [2.75, 3.05) is 19.0 Å². The first-order valence-corrected chi connectivity index (χ1v) is 10.9. The number of nitrogens with zero attached hydrogens (tertiary/aromatic N) is 1. The number of aromatic carboxylic acids is 1. The second-order valence-corrected chi connectivity index (χ2v) is 8.38. The second kappa shape index (κ2) is 10.2. The van der Waals surface area contributed by atoms with E-state index >= 15 is 0 Å². The van der Waals surface area contributed by atoms with Crippen LogP contribution in [0.5, 0.6) is 5.75 Å². The molecule has 0 aliphatic heterocycles. The Kier molecular flexibility index (Phi) is 7.56. The number of halogens is 2. The third-order valence-corrected chi connectivity index (χ3v) is 5.99. The van der Waals surface area contributed by atoms with Crippen LogP contribution in [-0.4, -0.2) is 34.5 Å². The number of aliphatic hydroxyl groups is 1. The van der Waals surface area contributed by atoms with E-state index in [0.717, 1.165) is 6.07 Å². The maximum absolute atomic E-state index is 14.4. The molecule has 3 rings (SSSR count). The lowest BCUT2D eigenvalue weighted by Gasteiger charge is -2.25. The first kappa shape index (κ1) is 25.2. The molecule has 2 aromatic carbocycles. The molecular formula is C25H28F2N2O5. The Hall–Kier alpha value is -3.46. The van der Waals surface area contributed by atoms with E-state index in [0.29, 0.717) is 28.9 Å². The second-order valence-electron chi connectivity index (χ2n) is 8.38. The van der Waals surface area contributed by atoms with Crippen LogP contribution in [0, 0.1) is 17.6 Å². The number of pyridine rings is 1. The van der Waals surface area contributed by atoms with E-state index in [1.54, 1.807) is 17.6 Å². The van der Waals surface area contributed by atoms with Crippen LogP contribution in [-0.2, 0) is 13.0 Å². The highest BCUT2D eigenvalue weighted by molar-refractivity contribution is 5.94. The summed E-state index contributed by atoms with van der Waals surface area (Å²) in [6.45, 7) is 5.27. The summed E-state index contributed by atoms with van der Waals surface area (Å²) in [5, 5.41) is 22.7. The molecule has 1 atom stereocenters. The number of aliphatic hydroxyl groups excluding tert-OH is 1. The third kappa shape index (κ3) is 4.75. The normalized spacial score (nSPS) is 12.2. The molecule has 0 fully saturated rings. The van der Waals surface area contributed by atoms with Gasteiger partial charge in [0.1, 0.15) is 22.9 Å². The predicted octanol–water partition coefficient (Wildman–Crippen LogP) is 4.35. The van der Waals surface area contributed by atoms with E-state index in [2.05, 4.69) is 5.32 Å². The molecule has 0 saturated carbocycles. The summed E-state index contributed by atoms with van der Waals surface area (Å²) in [6, 6.07) is 4.65. The Balaban J connectivity index is 2.19. The molecule has 3 N–H and O–H groups in total. The number of carboxylic acid groups (broad SMARTS) is 1.